The van der Waals surface area contributed by atoms with Crippen molar-refractivity contribution in [2.75, 3.05) is 23.9 Å². The van der Waals surface area contributed by atoms with Crippen molar-refractivity contribution in [3.63, 3.8) is 0 Å². The quantitative estimate of drug-likeness (QED) is 0.730. The van der Waals surface area contributed by atoms with E-state index in [1.54, 1.807) is 0 Å². The summed E-state index contributed by atoms with van der Waals surface area (Å²) in [5.74, 6) is -1.10. The molecule has 1 aliphatic rings. The van der Waals surface area contributed by atoms with Crippen LogP contribution in [0.3, 0.4) is 0 Å². The number of benzene rings is 1. The number of nitrogens with one attached hydrogen (secondary N) is 1. The Bertz CT molecular complexity index is 515. The minimum Gasteiger partial charge on any atom is -0.398 e. The van der Waals surface area contributed by atoms with Crippen LogP contribution in [0.25, 0.3) is 0 Å². The van der Waals surface area contributed by atoms with Gasteiger partial charge < -0.3 is 16.8 Å². The zero-order chi connectivity index (χ0) is 14.8. The third-order valence-corrected chi connectivity index (χ3v) is 5.37. The Kier molecular flexibility index (Phi) is 4.42. The summed E-state index contributed by atoms with van der Waals surface area (Å²) in [6, 6.07) is 2.54. The molecule has 1 aromatic rings. The molecule has 1 amide bonds. The normalized spacial score (nSPS) is 17.1. The first-order valence-electron chi connectivity index (χ1n) is 6.65. The molecule has 4 nitrogen and oxygen atoms in total. The second kappa shape index (κ2) is 5.91. The van der Waals surface area contributed by atoms with Gasteiger partial charge in [0.2, 0.25) is 0 Å². The third kappa shape index (κ3) is 3.00. The Labute approximate surface area is 122 Å². The summed E-state index contributed by atoms with van der Waals surface area (Å²) < 4.78 is 14.0. The van der Waals surface area contributed by atoms with Gasteiger partial charge in [-0.15, -0.1) is 0 Å². The highest BCUT2D eigenvalue weighted by atomic mass is 32.2. The van der Waals surface area contributed by atoms with Crippen LogP contribution < -0.4 is 16.8 Å². The Morgan fingerprint density at radius 2 is 2.10 bits per heavy atom. The molecule has 0 atom stereocenters. The number of hydrogen-bond donors (Lipinski definition) is 3. The van der Waals surface area contributed by atoms with Gasteiger partial charge in [0, 0.05) is 17.0 Å². The largest absolute Gasteiger partial charge is 0.398 e. The summed E-state index contributed by atoms with van der Waals surface area (Å²) in [6.45, 7) is 0.674. The highest BCUT2D eigenvalue weighted by Gasteiger charge is 2.32. The smallest absolute Gasteiger partial charge is 0.250 e. The van der Waals surface area contributed by atoms with E-state index >= 15 is 0 Å². The molecule has 0 bridgehead atoms. The van der Waals surface area contributed by atoms with Gasteiger partial charge in [-0.1, -0.05) is 12.8 Å². The standard InChI is InChI=1S/C14H20FN3OS/c1-20-14(4-2-3-5-14)8-18-12-6-9(13(17)19)11(16)7-10(12)15/h6-7,18H,2-5,8,16H2,1H3,(H2,17,19). The van der Waals surface area contributed by atoms with Crippen molar-refractivity contribution in [1.29, 1.82) is 0 Å². The van der Waals surface area contributed by atoms with Crippen molar-refractivity contribution in [2.24, 2.45) is 5.73 Å². The summed E-state index contributed by atoms with van der Waals surface area (Å²) in [7, 11) is 0. The maximum atomic E-state index is 13.9. The fraction of sp³-hybridized carbons (Fsp3) is 0.500. The van der Waals surface area contributed by atoms with Crippen LogP contribution in [-0.2, 0) is 0 Å². The highest BCUT2D eigenvalue weighted by Crippen LogP contribution is 2.40. The Balaban J connectivity index is 2.17. The fourth-order valence-electron chi connectivity index (χ4n) is 2.67. The van der Waals surface area contributed by atoms with Crippen LogP contribution in [0.15, 0.2) is 12.1 Å². The Morgan fingerprint density at radius 3 is 2.65 bits per heavy atom. The molecular formula is C14H20FN3OS. The summed E-state index contributed by atoms with van der Waals surface area (Å²) in [5.41, 5.74) is 11.3. The van der Waals surface area contributed by atoms with Crippen LogP contribution in [0.5, 0.6) is 0 Å². The fourth-order valence-corrected chi connectivity index (χ4v) is 3.58. The molecular weight excluding hydrogens is 277 g/mol. The first-order valence-corrected chi connectivity index (χ1v) is 7.88. The van der Waals surface area contributed by atoms with Crippen LogP contribution in [0.2, 0.25) is 0 Å². The molecule has 0 unspecified atom stereocenters. The molecule has 0 aliphatic heterocycles. The molecule has 0 heterocycles. The van der Waals surface area contributed by atoms with Crippen molar-refractivity contribution in [2.45, 2.75) is 30.4 Å². The van der Waals surface area contributed by atoms with Crippen molar-refractivity contribution >= 4 is 29.0 Å². The van der Waals surface area contributed by atoms with E-state index in [0.717, 1.165) is 18.9 Å². The van der Waals surface area contributed by atoms with E-state index in [1.807, 2.05) is 11.8 Å². The van der Waals surface area contributed by atoms with Crippen LogP contribution in [0, 0.1) is 5.82 Å². The van der Waals surface area contributed by atoms with Crippen LogP contribution in [-0.4, -0.2) is 23.5 Å². The van der Waals surface area contributed by atoms with E-state index in [0.29, 0.717) is 6.54 Å². The predicted octanol–water partition coefficient (Wildman–Crippen LogP) is 2.59. The molecule has 20 heavy (non-hydrogen) atoms. The first kappa shape index (κ1) is 15.0. The predicted molar refractivity (Wildman–Crippen MR) is 82.5 cm³/mol. The number of rotatable bonds is 5. The molecule has 5 N–H and O–H groups in total. The number of halogens is 1. The van der Waals surface area contributed by atoms with E-state index in [2.05, 4.69) is 11.6 Å². The lowest BCUT2D eigenvalue weighted by atomic mass is 10.1. The average Bonchev–Trinajstić information content (AvgIpc) is 2.87. The average molecular weight is 297 g/mol. The number of thioether (sulfide) groups is 1. The van der Waals surface area contributed by atoms with Gasteiger partial charge in [0.05, 0.1) is 11.3 Å². The molecule has 1 aromatic carbocycles. The lowest BCUT2D eigenvalue weighted by molar-refractivity contribution is 0.100. The van der Waals surface area contributed by atoms with E-state index in [-0.39, 0.29) is 21.7 Å². The van der Waals surface area contributed by atoms with E-state index in [4.69, 9.17) is 11.5 Å². The lowest BCUT2D eigenvalue weighted by Crippen LogP contribution is -2.30. The van der Waals surface area contributed by atoms with Crippen LogP contribution >= 0.6 is 11.8 Å². The van der Waals surface area contributed by atoms with Crippen LogP contribution in [0.1, 0.15) is 36.0 Å². The second-order valence-corrected chi connectivity index (χ2v) is 6.51. The van der Waals surface area contributed by atoms with E-state index in [1.165, 1.54) is 18.9 Å². The van der Waals surface area contributed by atoms with Crippen molar-refractivity contribution in [1.82, 2.24) is 0 Å². The van der Waals surface area contributed by atoms with Gasteiger partial charge in [-0.25, -0.2) is 4.39 Å². The number of amides is 1. The van der Waals surface area contributed by atoms with Crippen molar-refractivity contribution in [3.8, 4) is 0 Å². The summed E-state index contributed by atoms with van der Waals surface area (Å²) >= 11 is 1.82. The van der Waals surface area contributed by atoms with Gasteiger partial charge in [0.1, 0.15) is 5.82 Å². The number of carbonyl (C=O) groups is 1. The van der Waals surface area contributed by atoms with Gasteiger partial charge in [-0.05, 0) is 31.2 Å². The monoisotopic (exact) mass is 297 g/mol. The molecule has 0 radical (unpaired) electrons. The third-order valence-electron chi connectivity index (χ3n) is 3.95. The molecule has 0 saturated heterocycles. The van der Waals surface area contributed by atoms with Gasteiger partial charge in [-0.3, -0.25) is 4.79 Å². The number of primary amides is 1. The maximum absolute atomic E-state index is 13.9. The number of hydrogen-bond acceptors (Lipinski definition) is 4. The van der Waals surface area contributed by atoms with Crippen molar-refractivity contribution in [3.05, 3.63) is 23.5 Å². The Hall–Kier alpha value is -1.43. The number of anilines is 2. The zero-order valence-corrected chi connectivity index (χ0v) is 12.4. The summed E-state index contributed by atoms with van der Waals surface area (Å²) in [5, 5.41) is 3.11. The Morgan fingerprint density at radius 1 is 1.45 bits per heavy atom. The molecule has 110 valence electrons. The van der Waals surface area contributed by atoms with E-state index in [9.17, 15) is 9.18 Å². The molecule has 2 rings (SSSR count). The topological polar surface area (TPSA) is 81.1 Å². The molecule has 1 fully saturated rings. The number of nitrogen functional groups attached to an aromatic ring is 1. The van der Waals surface area contributed by atoms with Gasteiger partial charge in [-0.2, -0.15) is 11.8 Å². The zero-order valence-electron chi connectivity index (χ0n) is 11.5. The molecule has 6 heteroatoms. The van der Waals surface area contributed by atoms with Gasteiger partial charge in [0.25, 0.3) is 5.91 Å². The maximum Gasteiger partial charge on any atom is 0.250 e. The summed E-state index contributed by atoms with van der Waals surface area (Å²) in [6.07, 6.45) is 6.75. The second-order valence-electron chi connectivity index (χ2n) is 5.23. The molecule has 1 saturated carbocycles. The minimum atomic E-state index is -0.647. The first-order chi connectivity index (χ1) is 9.47. The minimum absolute atomic E-state index is 0.0704. The molecule has 0 spiro atoms. The number of nitrogens with two attached hydrogens (primary N) is 2. The lowest BCUT2D eigenvalue weighted by Gasteiger charge is -2.27. The van der Waals surface area contributed by atoms with Crippen LogP contribution in [0.4, 0.5) is 15.8 Å². The van der Waals surface area contributed by atoms with Gasteiger partial charge in [0.15, 0.2) is 0 Å². The SMILES string of the molecule is CSC1(CNc2cc(C(N)=O)c(N)cc2F)CCCC1. The van der Waals surface area contributed by atoms with E-state index < -0.39 is 11.7 Å². The number of carbonyl (C=O) groups excluding carboxylic acids is 1. The molecule has 0 aromatic heterocycles. The molecule has 1 aliphatic carbocycles. The van der Waals surface area contributed by atoms with Crippen molar-refractivity contribution < 1.29 is 9.18 Å². The highest BCUT2D eigenvalue weighted by molar-refractivity contribution is 8.00. The van der Waals surface area contributed by atoms with Gasteiger partial charge >= 0.3 is 0 Å². The summed E-state index contributed by atoms with van der Waals surface area (Å²) in [4.78, 5) is 11.3.